The van der Waals surface area contributed by atoms with Gasteiger partial charge in [0.05, 0.1) is 12.3 Å². The fourth-order valence-corrected chi connectivity index (χ4v) is 0.994. The predicted octanol–water partition coefficient (Wildman–Crippen LogP) is 0.734. The number of aliphatic hydroxyl groups is 1. The molecule has 3 nitrogen and oxygen atoms in total. The van der Waals surface area contributed by atoms with Crippen LogP contribution >= 0.6 is 0 Å². The zero-order chi connectivity index (χ0) is 8.27. The van der Waals surface area contributed by atoms with E-state index in [1.807, 2.05) is 20.2 Å². The van der Waals surface area contributed by atoms with Crippen molar-refractivity contribution >= 4 is 0 Å². The monoisotopic (exact) mass is 154 g/mol. The molecule has 0 bridgehead atoms. The van der Waals surface area contributed by atoms with Gasteiger partial charge < -0.3 is 5.11 Å². The Balaban J connectivity index is 2.50. The Bertz CT molecular complexity index is 220. The van der Waals surface area contributed by atoms with Crippen LogP contribution in [0.25, 0.3) is 0 Å². The number of aromatic nitrogens is 2. The van der Waals surface area contributed by atoms with Gasteiger partial charge in [0.2, 0.25) is 0 Å². The zero-order valence-corrected chi connectivity index (χ0v) is 6.99. The second kappa shape index (κ2) is 3.53. The first-order valence-corrected chi connectivity index (χ1v) is 3.88. The molecule has 0 saturated heterocycles. The summed E-state index contributed by atoms with van der Waals surface area (Å²) >= 11 is 0. The summed E-state index contributed by atoms with van der Waals surface area (Å²) in [6, 6.07) is 0. The van der Waals surface area contributed by atoms with Crippen LogP contribution in [-0.2, 0) is 13.5 Å². The van der Waals surface area contributed by atoms with Crippen LogP contribution in [0.1, 0.15) is 18.9 Å². The maximum absolute atomic E-state index is 9.28. The maximum atomic E-state index is 9.28. The highest BCUT2D eigenvalue weighted by Gasteiger charge is 2.03. The number of aliphatic hydroxyl groups excluding tert-OH is 1. The van der Waals surface area contributed by atoms with E-state index in [1.165, 1.54) is 0 Å². The molecule has 1 N–H and O–H groups in total. The van der Waals surface area contributed by atoms with E-state index in [2.05, 4.69) is 5.10 Å². The van der Waals surface area contributed by atoms with Crippen molar-refractivity contribution in [3.63, 3.8) is 0 Å². The number of rotatable bonds is 3. The van der Waals surface area contributed by atoms with Crippen molar-refractivity contribution in [2.75, 3.05) is 0 Å². The summed E-state index contributed by atoms with van der Waals surface area (Å²) in [5, 5.41) is 13.3. The summed E-state index contributed by atoms with van der Waals surface area (Å²) in [5.74, 6) is 0. The molecule has 62 valence electrons. The van der Waals surface area contributed by atoms with Crippen LogP contribution in [0.3, 0.4) is 0 Å². The van der Waals surface area contributed by atoms with Gasteiger partial charge >= 0.3 is 0 Å². The smallest absolute Gasteiger partial charge is 0.0579 e. The van der Waals surface area contributed by atoms with Gasteiger partial charge in [0, 0.05) is 19.7 Å². The largest absolute Gasteiger partial charge is 0.393 e. The first-order chi connectivity index (χ1) is 5.22. The Morgan fingerprint density at radius 1 is 1.73 bits per heavy atom. The average Bonchev–Trinajstić information content (AvgIpc) is 2.35. The number of hydrogen-bond donors (Lipinski definition) is 1. The third-order valence-corrected chi connectivity index (χ3v) is 1.70. The van der Waals surface area contributed by atoms with Gasteiger partial charge in [-0.05, 0) is 12.0 Å². The molecule has 0 amide bonds. The van der Waals surface area contributed by atoms with Crippen molar-refractivity contribution in [3.05, 3.63) is 18.0 Å². The van der Waals surface area contributed by atoms with Gasteiger partial charge in [0.1, 0.15) is 0 Å². The van der Waals surface area contributed by atoms with Gasteiger partial charge in [0.15, 0.2) is 0 Å². The van der Waals surface area contributed by atoms with Crippen molar-refractivity contribution in [2.24, 2.45) is 7.05 Å². The van der Waals surface area contributed by atoms with Crippen LogP contribution in [0, 0.1) is 0 Å². The summed E-state index contributed by atoms with van der Waals surface area (Å²) in [7, 11) is 1.88. The van der Waals surface area contributed by atoms with Gasteiger partial charge in [-0.2, -0.15) is 5.10 Å². The lowest BCUT2D eigenvalue weighted by Gasteiger charge is -2.03. The molecule has 1 unspecified atom stereocenters. The average molecular weight is 154 g/mol. The molecule has 0 aromatic carbocycles. The Labute approximate surface area is 66.7 Å². The molecule has 0 aliphatic rings. The molecular formula is C8H14N2O. The minimum Gasteiger partial charge on any atom is -0.393 e. The highest BCUT2D eigenvalue weighted by Crippen LogP contribution is 2.03. The molecule has 1 aromatic heterocycles. The number of nitrogens with zero attached hydrogens (tertiary/aromatic N) is 2. The second-order valence-corrected chi connectivity index (χ2v) is 2.79. The molecule has 0 spiro atoms. The van der Waals surface area contributed by atoms with Gasteiger partial charge in [-0.25, -0.2) is 0 Å². The van der Waals surface area contributed by atoms with Gasteiger partial charge in [-0.1, -0.05) is 6.92 Å². The Morgan fingerprint density at radius 3 is 2.91 bits per heavy atom. The zero-order valence-electron chi connectivity index (χ0n) is 6.99. The van der Waals surface area contributed by atoms with Crippen LogP contribution in [-0.4, -0.2) is 21.0 Å². The molecule has 1 rings (SSSR count). The first-order valence-electron chi connectivity index (χ1n) is 3.88. The minimum absolute atomic E-state index is 0.223. The summed E-state index contributed by atoms with van der Waals surface area (Å²) in [4.78, 5) is 0. The number of aryl methyl sites for hydroxylation is 1. The van der Waals surface area contributed by atoms with Crippen molar-refractivity contribution in [1.29, 1.82) is 0 Å². The fraction of sp³-hybridized carbons (Fsp3) is 0.625. The van der Waals surface area contributed by atoms with Crippen molar-refractivity contribution in [2.45, 2.75) is 25.9 Å². The summed E-state index contributed by atoms with van der Waals surface area (Å²) < 4.78 is 1.75. The van der Waals surface area contributed by atoms with E-state index in [1.54, 1.807) is 10.9 Å². The highest BCUT2D eigenvalue weighted by atomic mass is 16.3. The van der Waals surface area contributed by atoms with E-state index < -0.39 is 0 Å². The van der Waals surface area contributed by atoms with E-state index in [9.17, 15) is 5.11 Å². The Kier molecular flexibility index (Phi) is 2.65. The van der Waals surface area contributed by atoms with Crippen LogP contribution in [0.4, 0.5) is 0 Å². The lowest BCUT2D eigenvalue weighted by molar-refractivity contribution is 0.171. The minimum atomic E-state index is -0.223. The summed E-state index contributed by atoms with van der Waals surface area (Å²) in [6.07, 6.45) is 5.01. The normalized spacial score (nSPS) is 13.4. The van der Waals surface area contributed by atoms with Crippen molar-refractivity contribution in [3.8, 4) is 0 Å². The molecular weight excluding hydrogens is 140 g/mol. The quantitative estimate of drug-likeness (QED) is 0.697. The molecule has 0 saturated carbocycles. The third kappa shape index (κ3) is 2.35. The van der Waals surface area contributed by atoms with Crippen LogP contribution in [0.2, 0.25) is 0 Å². The second-order valence-electron chi connectivity index (χ2n) is 2.79. The van der Waals surface area contributed by atoms with Gasteiger partial charge in [-0.3, -0.25) is 4.68 Å². The molecule has 3 heteroatoms. The third-order valence-electron chi connectivity index (χ3n) is 1.70. The first kappa shape index (κ1) is 8.27. The maximum Gasteiger partial charge on any atom is 0.0579 e. The summed E-state index contributed by atoms with van der Waals surface area (Å²) in [5.41, 5.74) is 1.10. The Hall–Kier alpha value is -0.830. The van der Waals surface area contributed by atoms with Crippen LogP contribution in [0.15, 0.2) is 12.4 Å². The topological polar surface area (TPSA) is 38.1 Å². The van der Waals surface area contributed by atoms with E-state index in [0.717, 1.165) is 12.0 Å². The van der Waals surface area contributed by atoms with Crippen LogP contribution in [0.5, 0.6) is 0 Å². The van der Waals surface area contributed by atoms with E-state index >= 15 is 0 Å². The van der Waals surface area contributed by atoms with E-state index in [4.69, 9.17) is 0 Å². The van der Waals surface area contributed by atoms with Gasteiger partial charge in [0.25, 0.3) is 0 Å². The molecule has 0 radical (unpaired) electrons. The lowest BCUT2D eigenvalue weighted by atomic mass is 10.1. The van der Waals surface area contributed by atoms with Crippen molar-refractivity contribution in [1.82, 2.24) is 9.78 Å². The molecule has 1 heterocycles. The molecule has 11 heavy (non-hydrogen) atoms. The van der Waals surface area contributed by atoms with Crippen LogP contribution < -0.4 is 0 Å². The van der Waals surface area contributed by atoms with E-state index in [-0.39, 0.29) is 6.10 Å². The number of hydrogen-bond acceptors (Lipinski definition) is 2. The van der Waals surface area contributed by atoms with E-state index in [0.29, 0.717) is 6.42 Å². The molecule has 0 aliphatic carbocycles. The SMILES string of the molecule is CCC(O)Cc1cnn(C)c1. The van der Waals surface area contributed by atoms with Crippen molar-refractivity contribution < 1.29 is 5.11 Å². The Morgan fingerprint density at radius 2 is 2.45 bits per heavy atom. The lowest BCUT2D eigenvalue weighted by Crippen LogP contribution is -2.07. The predicted molar refractivity (Wildman–Crippen MR) is 43.2 cm³/mol. The highest BCUT2D eigenvalue weighted by molar-refractivity contribution is 5.04. The molecule has 1 aromatic rings. The molecule has 1 atom stereocenters. The van der Waals surface area contributed by atoms with Gasteiger partial charge in [-0.15, -0.1) is 0 Å². The fourth-order valence-electron chi connectivity index (χ4n) is 0.994. The standard InChI is InChI=1S/C8H14N2O/c1-3-8(11)4-7-5-9-10(2)6-7/h5-6,8,11H,3-4H2,1-2H3. The summed E-state index contributed by atoms with van der Waals surface area (Å²) in [6.45, 7) is 1.97. The molecule has 0 fully saturated rings. The molecule has 0 aliphatic heterocycles.